The number of hydrogen-bond donors (Lipinski definition) is 1. The lowest BCUT2D eigenvalue weighted by Crippen LogP contribution is -2.14. The molecule has 0 bridgehead atoms. The molecule has 2 aromatic rings. The van der Waals surface area contributed by atoms with Crippen LogP contribution in [0.2, 0.25) is 5.02 Å². The predicted molar refractivity (Wildman–Crippen MR) is 98.4 cm³/mol. The van der Waals surface area contributed by atoms with E-state index in [4.69, 9.17) is 21.1 Å². The molecule has 0 aromatic heterocycles. The zero-order valence-electron chi connectivity index (χ0n) is 14.3. The van der Waals surface area contributed by atoms with Gasteiger partial charge in [0.25, 0.3) is 10.0 Å². The number of aryl methyl sites for hydroxylation is 1. The molecule has 1 aliphatic rings. The summed E-state index contributed by atoms with van der Waals surface area (Å²) in [4.78, 5) is 0.0250. The van der Waals surface area contributed by atoms with E-state index in [1.54, 1.807) is 18.2 Å². The van der Waals surface area contributed by atoms with Gasteiger partial charge in [0.2, 0.25) is 0 Å². The van der Waals surface area contributed by atoms with Crippen molar-refractivity contribution in [3.05, 3.63) is 46.5 Å². The number of anilines is 1. The van der Waals surface area contributed by atoms with E-state index in [-0.39, 0.29) is 16.0 Å². The Labute approximate surface area is 153 Å². The Bertz CT molecular complexity index is 912. The molecule has 3 rings (SSSR count). The maximum absolute atomic E-state index is 12.8. The lowest BCUT2D eigenvalue weighted by Gasteiger charge is -2.15. The van der Waals surface area contributed by atoms with Gasteiger partial charge in [0, 0.05) is 18.1 Å². The van der Waals surface area contributed by atoms with Crippen LogP contribution in [0.25, 0.3) is 0 Å². The highest BCUT2D eigenvalue weighted by molar-refractivity contribution is 7.92. The largest absolute Gasteiger partial charge is 0.492 e. The number of sulfonamides is 1. The second-order valence-electron chi connectivity index (χ2n) is 6.06. The molecule has 0 amide bonds. The number of fused-ring (bicyclic) bond motifs is 1. The fourth-order valence-electron chi connectivity index (χ4n) is 2.82. The monoisotopic (exact) mass is 381 g/mol. The van der Waals surface area contributed by atoms with Crippen molar-refractivity contribution in [1.29, 1.82) is 0 Å². The molecule has 1 atom stereocenters. The summed E-state index contributed by atoms with van der Waals surface area (Å²) in [5.41, 5.74) is 2.23. The van der Waals surface area contributed by atoms with Crippen LogP contribution in [0.4, 0.5) is 5.69 Å². The van der Waals surface area contributed by atoms with Crippen molar-refractivity contribution < 1.29 is 17.9 Å². The van der Waals surface area contributed by atoms with Gasteiger partial charge < -0.3 is 9.47 Å². The van der Waals surface area contributed by atoms with E-state index in [1.165, 1.54) is 6.07 Å². The van der Waals surface area contributed by atoms with Gasteiger partial charge in [-0.15, -0.1) is 0 Å². The second kappa shape index (κ2) is 6.77. The molecule has 134 valence electrons. The van der Waals surface area contributed by atoms with Gasteiger partial charge in [-0.2, -0.15) is 0 Å². The fourth-order valence-corrected chi connectivity index (χ4v) is 4.48. The molecule has 0 radical (unpaired) electrons. The fraction of sp³-hybridized carbons (Fsp3) is 0.333. The van der Waals surface area contributed by atoms with Gasteiger partial charge in [-0.3, -0.25) is 4.72 Å². The van der Waals surface area contributed by atoms with Crippen molar-refractivity contribution in [3.63, 3.8) is 0 Å². The van der Waals surface area contributed by atoms with E-state index in [0.29, 0.717) is 23.8 Å². The van der Waals surface area contributed by atoms with Gasteiger partial charge in [0.1, 0.15) is 22.5 Å². The molecular formula is C18H20ClNO4S. The average molecular weight is 382 g/mol. The van der Waals surface area contributed by atoms with Crippen LogP contribution in [0.1, 0.15) is 25.0 Å². The molecule has 1 heterocycles. The molecular weight excluding hydrogens is 362 g/mol. The van der Waals surface area contributed by atoms with Crippen LogP contribution in [0.3, 0.4) is 0 Å². The molecule has 1 N–H and O–H groups in total. The van der Waals surface area contributed by atoms with E-state index in [9.17, 15) is 8.42 Å². The highest BCUT2D eigenvalue weighted by atomic mass is 35.5. The van der Waals surface area contributed by atoms with Gasteiger partial charge in [-0.1, -0.05) is 17.7 Å². The normalized spacial score (nSPS) is 16.2. The third-order valence-electron chi connectivity index (χ3n) is 3.92. The number of halogens is 1. The summed E-state index contributed by atoms with van der Waals surface area (Å²) >= 11 is 6.12. The Balaban J connectivity index is 2.00. The van der Waals surface area contributed by atoms with Crippen molar-refractivity contribution in [3.8, 4) is 11.5 Å². The number of hydrogen-bond acceptors (Lipinski definition) is 4. The van der Waals surface area contributed by atoms with Crippen LogP contribution < -0.4 is 14.2 Å². The van der Waals surface area contributed by atoms with Crippen LogP contribution in [-0.4, -0.2) is 21.1 Å². The summed E-state index contributed by atoms with van der Waals surface area (Å²) < 4.78 is 39.4. The maximum Gasteiger partial charge on any atom is 0.263 e. The van der Waals surface area contributed by atoms with Crippen LogP contribution in [-0.2, 0) is 16.4 Å². The van der Waals surface area contributed by atoms with E-state index < -0.39 is 10.0 Å². The van der Waals surface area contributed by atoms with Crippen molar-refractivity contribution in [2.24, 2.45) is 0 Å². The molecule has 5 nitrogen and oxygen atoms in total. The van der Waals surface area contributed by atoms with Crippen LogP contribution in [0, 0.1) is 6.92 Å². The summed E-state index contributed by atoms with van der Waals surface area (Å²) in [6.45, 7) is 6.09. The first-order valence-corrected chi connectivity index (χ1v) is 9.91. The molecule has 0 saturated carbocycles. The summed E-state index contributed by atoms with van der Waals surface area (Å²) in [5, 5.41) is 0.177. The van der Waals surface area contributed by atoms with Gasteiger partial charge in [-0.25, -0.2) is 8.42 Å². The number of benzene rings is 2. The lowest BCUT2D eigenvalue weighted by molar-refractivity contribution is 0.254. The first-order chi connectivity index (χ1) is 11.8. The quantitative estimate of drug-likeness (QED) is 0.844. The highest BCUT2D eigenvalue weighted by Crippen LogP contribution is 2.39. The van der Waals surface area contributed by atoms with E-state index in [2.05, 4.69) is 4.72 Å². The number of nitrogens with one attached hydrogen (secondary N) is 1. The van der Waals surface area contributed by atoms with E-state index >= 15 is 0 Å². The van der Waals surface area contributed by atoms with Crippen molar-refractivity contribution >= 4 is 27.3 Å². The SMILES string of the molecule is CCOc1cc2c(cc1NS(=O)(=O)c1ccc(C)cc1Cl)OC(C)C2. The molecule has 0 saturated heterocycles. The Morgan fingerprint density at radius 1 is 1.32 bits per heavy atom. The lowest BCUT2D eigenvalue weighted by atomic mass is 10.1. The van der Waals surface area contributed by atoms with Gasteiger partial charge in [0.15, 0.2) is 0 Å². The molecule has 1 unspecified atom stereocenters. The Hall–Kier alpha value is -1.92. The van der Waals surface area contributed by atoms with Gasteiger partial charge >= 0.3 is 0 Å². The first kappa shape index (κ1) is 17.9. The Morgan fingerprint density at radius 2 is 2.08 bits per heavy atom. The molecule has 7 heteroatoms. The smallest absolute Gasteiger partial charge is 0.263 e. The molecule has 0 fully saturated rings. The molecule has 2 aromatic carbocycles. The van der Waals surface area contributed by atoms with E-state index in [1.807, 2.05) is 26.8 Å². The zero-order valence-corrected chi connectivity index (χ0v) is 15.9. The van der Waals surface area contributed by atoms with E-state index in [0.717, 1.165) is 17.5 Å². The van der Waals surface area contributed by atoms with Crippen molar-refractivity contribution in [1.82, 2.24) is 0 Å². The average Bonchev–Trinajstić information content (AvgIpc) is 2.86. The summed E-state index contributed by atoms with van der Waals surface area (Å²) in [5.74, 6) is 1.15. The van der Waals surface area contributed by atoms with Crippen LogP contribution >= 0.6 is 11.6 Å². The Morgan fingerprint density at radius 3 is 2.76 bits per heavy atom. The Kier molecular flexibility index (Phi) is 4.84. The maximum atomic E-state index is 12.8. The summed E-state index contributed by atoms with van der Waals surface area (Å²) in [7, 11) is -3.85. The second-order valence-corrected chi connectivity index (χ2v) is 8.12. The van der Waals surface area contributed by atoms with Crippen LogP contribution in [0.5, 0.6) is 11.5 Å². The predicted octanol–water partition coefficient (Wildman–Crippen LogP) is 4.17. The summed E-state index contributed by atoms with van der Waals surface area (Å²) in [6.07, 6.45) is 0.828. The first-order valence-electron chi connectivity index (χ1n) is 8.05. The van der Waals surface area contributed by atoms with Crippen molar-refractivity contribution in [2.75, 3.05) is 11.3 Å². The van der Waals surface area contributed by atoms with Crippen LogP contribution in [0.15, 0.2) is 35.2 Å². The minimum absolute atomic E-state index is 0.0250. The third kappa shape index (κ3) is 3.70. The molecule has 1 aliphatic heterocycles. The standard InChI is InChI=1S/C18H20ClNO4S/c1-4-23-17-9-13-8-12(3)24-16(13)10-15(17)20-25(21,22)18-6-5-11(2)7-14(18)19/h5-7,9-10,12,20H,4,8H2,1-3H3. The van der Waals surface area contributed by atoms with Gasteiger partial charge in [-0.05, 0) is 44.5 Å². The van der Waals surface area contributed by atoms with Crippen molar-refractivity contribution in [2.45, 2.75) is 38.2 Å². The number of ether oxygens (including phenoxy) is 2. The van der Waals surface area contributed by atoms with Gasteiger partial charge in [0.05, 0.1) is 17.3 Å². The molecule has 0 aliphatic carbocycles. The minimum atomic E-state index is -3.85. The summed E-state index contributed by atoms with van der Waals surface area (Å²) in [6, 6.07) is 8.32. The molecule has 25 heavy (non-hydrogen) atoms. The topological polar surface area (TPSA) is 64.6 Å². The molecule has 0 spiro atoms. The zero-order chi connectivity index (χ0) is 18.2. The minimum Gasteiger partial charge on any atom is -0.492 e. The highest BCUT2D eigenvalue weighted by Gasteiger charge is 2.25. The number of rotatable bonds is 5. The third-order valence-corrected chi connectivity index (χ3v) is 5.77.